The van der Waals surface area contributed by atoms with Gasteiger partial charge in [-0.3, -0.25) is 4.98 Å². The van der Waals surface area contributed by atoms with Crippen molar-refractivity contribution in [1.82, 2.24) is 4.98 Å². The van der Waals surface area contributed by atoms with Crippen molar-refractivity contribution in [3.05, 3.63) is 18.5 Å². The number of nitrogens with one attached hydrogen (secondary N) is 1. The third-order valence-electron chi connectivity index (χ3n) is 2.36. The first-order valence-electron chi connectivity index (χ1n) is 5.76. The Bertz CT molecular complexity index is 291. The Balaban J connectivity index is 2.03. The van der Waals surface area contributed by atoms with E-state index in [1.807, 2.05) is 24.0 Å². The van der Waals surface area contributed by atoms with Crippen LogP contribution in [0, 0.1) is 0 Å². The molecule has 0 fully saturated rings. The molecule has 0 aliphatic heterocycles. The lowest BCUT2D eigenvalue weighted by molar-refractivity contribution is 0.689. The number of nitrogen functional groups attached to an aromatic ring is 1. The van der Waals surface area contributed by atoms with Crippen molar-refractivity contribution in [2.75, 3.05) is 29.6 Å². The predicted molar refractivity (Wildman–Crippen MR) is 74.0 cm³/mol. The zero-order valence-corrected chi connectivity index (χ0v) is 10.7. The fourth-order valence-electron chi connectivity index (χ4n) is 1.51. The Labute approximate surface area is 102 Å². The van der Waals surface area contributed by atoms with Crippen molar-refractivity contribution in [3.63, 3.8) is 0 Å². The third-order valence-corrected chi connectivity index (χ3v) is 3.06. The smallest absolute Gasteiger partial charge is 0.0547 e. The molecule has 0 aliphatic rings. The standard InChI is InChI=1S/C12H21N3S/c1-16-7-5-3-2-4-6-15-12-8-11(13)9-14-10-12/h8-10,15H,2-7,13H2,1H3. The molecule has 0 bridgehead atoms. The van der Waals surface area contributed by atoms with Crippen LogP contribution in [0.1, 0.15) is 25.7 Å². The summed E-state index contributed by atoms with van der Waals surface area (Å²) in [4.78, 5) is 4.03. The van der Waals surface area contributed by atoms with E-state index in [4.69, 9.17) is 5.73 Å². The highest BCUT2D eigenvalue weighted by molar-refractivity contribution is 7.98. The molecule has 3 nitrogen and oxygen atoms in total. The highest BCUT2D eigenvalue weighted by atomic mass is 32.2. The van der Waals surface area contributed by atoms with E-state index in [9.17, 15) is 0 Å². The van der Waals surface area contributed by atoms with E-state index in [1.165, 1.54) is 31.4 Å². The van der Waals surface area contributed by atoms with Crippen LogP contribution in [-0.4, -0.2) is 23.5 Å². The van der Waals surface area contributed by atoms with Crippen molar-refractivity contribution in [2.24, 2.45) is 0 Å². The first kappa shape index (κ1) is 13.2. The van der Waals surface area contributed by atoms with E-state index >= 15 is 0 Å². The number of anilines is 2. The van der Waals surface area contributed by atoms with Gasteiger partial charge >= 0.3 is 0 Å². The minimum absolute atomic E-state index is 0.713. The first-order chi connectivity index (χ1) is 7.83. The lowest BCUT2D eigenvalue weighted by Gasteiger charge is -2.06. The van der Waals surface area contributed by atoms with Gasteiger partial charge in [-0.2, -0.15) is 11.8 Å². The molecule has 1 aromatic heterocycles. The fraction of sp³-hybridized carbons (Fsp3) is 0.583. The number of nitrogens with zero attached hydrogens (tertiary/aromatic N) is 1. The normalized spacial score (nSPS) is 10.3. The van der Waals surface area contributed by atoms with E-state index in [2.05, 4.69) is 16.6 Å². The maximum Gasteiger partial charge on any atom is 0.0547 e. The molecule has 0 atom stereocenters. The van der Waals surface area contributed by atoms with E-state index in [0.29, 0.717) is 5.69 Å². The van der Waals surface area contributed by atoms with Crippen LogP contribution in [0.2, 0.25) is 0 Å². The zero-order chi connectivity index (χ0) is 11.6. The number of rotatable bonds is 8. The summed E-state index contributed by atoms with van der Waals surface area (Å²) in [6.07, 6.45) is 10.8. The molecule has 1 aromatic rings. The molecule has 0 amide bonds. The molecule has 0 aromatic carbocycles. The molecule has 90 valence electrons. The summed E-state index contributed by atoms with van der Waals surface area (Å²) in [7, 11) is 0. The van der Waals surface area contributed by atoms with Crippen LogP contribution < -0.4 is 11.1 Å². The second-order valence-electron chi connectivity index (χ2n) is 3.84. The first-order valence-corrected chi connectivity index (χ1v) is 7.15. The van der Waals surface area contributed by atoms with Crippen LogP contribution in [0.25, 0.3) is 0 Å². The third kappa shape index (κ3) is 5.85. The van der Waals surface area contributed by atoms with Crippen molar-refractivity contribution < 1.29 is 0 Å². The quantitative estimate of drug-likeness (QED) is 0.685. The summed E-state index contributed by atoms with van der Waals surface area (Å²) < 4.78 is 0. The van der Waals surface area contributed by atoms with Gasteiger partial charge in [-0.15, -0.1) is 0 Å². The van der Waals surface area contributed by atoms with Crippen LogP contribution in [0.5, 0.6) is 0 Å². The topological polar surface area (TPSA) is 50.9 Å². The largest absolute Gasteiger partial charge is 0.397 e. The van der Waals surface area contributed by atoms with Crippen LogP contribution in [0.4, 0.5) is 11.4 Å². The molecule has 0 unspecified atom stereocenters. The molecule has 1 rings (SSSR count). The summed E-state index contributed by atoms with van der Waals surface area (Å²) in [5, 5.41) is 3.33. The number of nitrogens with two attached hydrogens (primary N) is 1. The molecular weight excluding hydrogens is 218 g/mol. The van der Waals surface area contributed by atoms with Gasteiger partial charge in [0.15, 0.2) is 0 Å². The van der Waals surface area contributed by atoms with E-state index in [1.54, 1.807) is 6.20 Å². The molecule has 3 N–H and O–H groups in total. The molecule has 1 heterocycles. The molecule has 0 spiro atoms. The molecule has 0 saturated carbocycles. The van der Waals surface area contributed by atoms with Gasteiger partial charge in [-0.25, -0.2) is 0 Å². The number of unbranched alkanes of at least 4 members (excludes halogenated alkanes) is 3. The Hall–Kier alpha value is -0.900. The summed E-state index contributed by atoms with van der Waals surface area (Å²) in [6, 6.07) is 1.92. The predicted octanol–water partition coefficient (Wildman–Crippen LogP) is 3.00. The number of hydrogen-bond donors (Lipinski definition) is 2. The second kappa shape index (κ2) is 8.28. The van der Waals surface area contributed by atoms with Gasteiger partial charge in [0.2, 0.25) is 0 Å². The number of hydrogen-bond acceptors (Lipinski definition) is 4. The molecule has 16 heavy (non-hydrogen) atoms. The maximum absolute atomic E-state index is 5.64. The van der Waals surface area contributed by atoms with Gasteiger partial charge in [0.1, 0.15) is 0 Å². The van der Waals surface area contributed by atoms with Crippen LogP contribution in [0.15, 0.2) is 18.5 Å². The lowest BCUT2D eigenvalue weighted by Crippen LogP contribution is -2.02. The zero-order valence-electron chi connectivity index (χ0n) is 9.91. The van der Waals surface area contributed by atoms with Crippen molar-refractivity contribution in [1.29, 1.82) is 0 Å². The average molecular weight is 239 g/mol. The number of thioether (sulfide) groups is 1. The summed E-state index contributed by atoms with van der Waals surface area (Å²) in [5.41, 5.74) is 7.37. The van der Waals surface area contributed by atoms with Crippen LogP contribution in [0.3, 0.4) is 0 Å². The Morgan fingerprint density at radius 3 is 2.81 bits per heavy atom. The van der Waals surface area contributed by atoms with Gasteiger partial charge in [-0.1, -0.05) is 12.8 Å². The van der Waals surface area contributed by atoms with Gasteiger partial charge in [-0.05, 0) is 30.9 Å². The monoisotopic (exact) mass is 239 g/mol. The number of pyridine rings is 1. The van der Waals surface area contributed by atoms with Crippen LogP contribution in [-0.2, 0) is 0 Å². The molecular formula is C12H21N3S. The molecule has 0 aliphatic carbocycles. The number of aromatic nitrogens is 1. The van der Waals surface area contributed by atoms with E-state index < -0.39 is 0 Å². The van der Waals surface area contributed by atoms with Gasteiger partial charge in [0, 0.05) is 12.7 Å². The van der Waals surface area contributed by atoms with Crippen molar-refractivity contribution >= 4 is 23.1 Å². The lowest BCUT2D eigenvalue weighted by atomic mass is 10.2. The van der Waals surface area contributed by atoms with Gasteiger partial charge in [0.05, 0.1) is 17.6 Å². The van der Waals surface area contributed by atoms with Gasteiger partial charge in [0.25, 0.3) is 0 Å². The van der Waals surface area contributed by atoms with Gasteiger partial charge < -0.3 is 11.1 Å². The maximum atomic E-state index is 5.64. The minimum Gasteiger partial charge on any atom is -0.397 e. The highest BCUT2D eigenvalue weighted by Crippen LogP contribution is 2.10. The summed E-state index contributed by atoms with van der Waals surface area (Å²) in [6.45, 7) is 1.00. The van der Waals surface area contributed by atoms with E-state index in [0.717, 1.165) is 12.2 Å². The second-order valence-corrected chi connectivity index (χ2v) is 4.83. The summed E-state index contributed by atoms with van der Waals surface area (Å²) >= 11 is 1.93. The molecule has 4 heteroatoms. The summed E-state index contributed by atoms with van der Waals surface area (Å²) in [5.74, 6) is 1.28. The Morgan fingerprint density at radius 1 is 1.25 bits per heavy atom. The fourth-order valence-corrected chi connectivity index (χ4v) is 2.00. The molecule has 0 radical (unpaired) electrons. The minimum atomic E-state index is 0.713. The van der Waals surface area contributed by atoms with Crippen molar-refractivity contribution in [3.8, 4) is 0 Å². The van der Waals surface area contributed by atoms with E-state index in [-0.39, 0.29) is 0 Å². The average Bonchev–Trinajstić information content (AvgIpc) is 2.28. The van der Waals surface area contributed by atoms with Crippen molar-refractivity contribution in [2.45, 2.75) is 25.7 Å². The Morgan fingerprint density at radius 2 is 2.06 bits per heavy atom. The van der Waals surface area contributed by atoms with Crippen LogP contribution >= 0.6 is 11.8 Å². The highest BCUT2D eigenvalue weighted by Gasteiger charge is 1.93. The Kier molecular flexibility index (Phi) is 6.81. The SMILES string of the molecule is CSCCCCCCNc1cncc(N)c1. The molecule has 0 saturated heterocycles.